The second-order valence-corrected chi connectivity index (χ2v) is 4.84. The van der Waals surface area contributed by atoms with Gasteiger partial charge in [-0.05, 0) is 47.9 Å². The molecular weight excluding hydrogens is 238 g/mol. The highest BCUT2D eigenvalue weighted by Crippen LogP contribution is 2.26. The van der Waals surface area contributed by atoms with Gasteiger partial charge in [0.25, 0.3) is 5.91 Å². The van der Waals surface area contributed by atoms with E-state index < -0.39 is 0 Å². The molecule has 0 spiro atoms. The second kappa shape index (κ2) is 5.14. The summed E-state index contributed by atoms with van der Waals surface area (Å²) in [5.74, 6) is 0.207. The Hall–Kier alpha value is -2.29. The number of phenols is 1. The topological polar surface area (TPSA) is 40.5 Å². The third kappa shape index (κ3) is 2.94. The van der Waals surface area contributed by atoms with E-state index in [0.29, 0.717) is 5.56 Å². The minimum Gasteiger partial charge on any atom is -0.508 e. The van der Waals surface area contributed by atoms with E-state index in [1.54, 1.807) is 37.2 Å². The largest absolute Gasteiger partial charge is 0.508 e. The third-order valence-corrected chi connectivity index (χ3v) is 2.91. The second-order valence-electron chi connectivity index (χ2n) is 4.84. The van der Waals surface area contributed by atoms with Crippen molar-refractivity contribution >= 4 is 5.91 Å². The Morgan fingerprint density at radius 1 is 1.05 bits per heavy atom. The van der Waals surface area contributed by atoms with Crippen LogP contribution in [0.2, 0.25) is 0 Å². The molecule has 2 rings (SSSR count). The number of benzene rings is 2. The minimum absolute atomic E-state index is 0.0290. The van der Waals surface area contributed by atoms with E-state index >= 15 is 0 Å². The summed E-state index contributed by atoms with van der Waals surface area (Å²) in [4.78, 5) is 13.5. The van der Waals surface area contributed by atoms with Crippen LogP contribution in [0.1, 0.15) is 15.9 Å². The molecule has 0 radical (unpaired) electrons. The van der Waals surface area contributed by atoms with Crippen LogP contribution in [0.5, 0.6) is 5.75 Å². The van der Waals surface area contributed by atoms with Crippen LogP contribution in [0, 0.1) is 6.92 Å². The number of carbonyl (C=O) groups is 1. The highest BCUT2D eigenvalue weighted by Gasteiger charge is 2.09. The van der Waals surface area contributed by atoms with Gasteiger partial charge in [0.2, 0.25) is 0 Å². The summed E-state index contributed by atoms with van der Waals surface area (Å²) >= 11 is 0. The van der Waals surface area contributed by atoms with E-state index in [1.165, 1.54) is 0 Å². The van der Waals surface area contributed by atoms with Crippen molar-refractivity contribution in [3.63, 3.8) is 0 Å². The predicted octanol–water partition coefficient (Wildman–Crippen LogP) is 3.07. The van der Waals surface area contributed by atoms with Gasteiger partial charge in [-0.25, -0.2) is 0 Å². The average Bonchev–Trinajstić information content (AvgIpc) is 2.36. The molecule has 98 valence electrons. The maximum Gasteiger partial charge on any atom is 0.253 e. The SMILES string of the molecule is Cc1cc(O)cc(-c2cccc(C(=O)N(C)C)c2)c1. The fourth-order valence-electron chi connectivity index (χ4n) is 2.02. The number of carbonyl (C=O) groups excluding carboxylic acids is 1. The highest BCUT2D eigenvalue weighted by atomic mass is 16.3. The zero-order valence-corrected chi connectivity index (χ0v) is 11.3. The Bertz CT molecular complexity index is 598. The molecule has 0 bridgehead atoms. The first-order valence-electron chi connectivity index (χ1n) is 6.10. The van der Waals surface area contributed by atoms with Gasteiger partial charge in [-0.15, -0.1) is 0 Å². The number of aromatic hydroxyl groups is 1. The molecule has 0 aliphatic rings. The molecule has 0 unspecified atom stereocenters. The Labute approximate surface area is 113 Å². The van der Waals surface area contributed by atoms with E-state index in [1.807, 2.05) is 31.2 Å². The molecule has 1 amide bonds. The summed E-state index contributed by atoms with van der Waals surface area (Å²) in [5, 5.41) is 9.65. The van der Waals surface area contributed by atoms with Crippen molar-refractivity contribution in [1.82, 2.24) is 4.90 Å². The molecule has 3 nitrogen and oxygen atoms in total. The van der Waals surface area contributed by atoms with Crippen LogP contribution < -0.4 is 0 Å². The Morgan fingerprint density at radius 2 is 1.79 bits per heavy atom. The van der Waals surface area contributed by atoms with Gasteiger partial charge in [0, 0.05) is 19.7 Å². The Kier molecular flexibility index (Phi) is 3.56. The van der Waals surface area contributed by atoms with Crippen molar-refractivity contribution in [1.29, 1.82) is 0 Å². The molecule has 0 aliphatic carbocycles. The zero-order chi connectivity index (χ0) is 14.0. The van der Waals surface area contributed by atoms with Crippen LogP contribution in [-0.2, 0) is 0 Å². The van der Waals surface area contributed by atoms with E-state index in [2.05, 4.69) is 0 Å². The van der Waals surface area contributed by atoms with Gasteiger partial charge in [0.15, 0.2) is 0 Å². The molecule has 0 saturated carbocycles. The lowest BCUT2D eigenvalue weighted by molar-refractivity contribution is 0.0827. The van der Waals surface area contributed by atoms with Gasteiger partial charge >= 0.3 is 0 Å². The van der Waals surface area contributed by atoms with Crippen LogP contribution in [0.25, 0.3) is 11.1 Å². The minimum atomic E-state index is -0.0290. The number of aryl methyl sites for hydroxylation is 1. The average molecular weight is 255 g/mol. The maximum atomic E-state index is 11.9. The summed E-state index contributed by atoms with van der Waals surface area (Å²) in [5.41, 5.74) is 3.46. The highest BCUT2D eigenvalue weighted by molar-refractivity contribution is 5.95. The number of rotatable bonds is 2. The molecule has 0 atom stereocenters. The molecule has 0 heterocycles. The van der Waals surface area contributed by atoms with Crippen molar-refractivity contribution in [3.05, 3.63) is 53.6 Å². The lowest BCUT2D eigenvalue weighted by Crippen LogP contribution is -2.21. The van der Waals surface area contributed by atoms with Gasteiger partial charge < -0.3 is 10.0 Å². The van der Waals surface area contributed by atoms with Gasteiger partial charge in [0.05, 0.1) is 0 Å². The molecular formula is C16H17NO2. The van der Waals surface area contributed by atoms with Crippen molar-refractivity contribution < 1.29 is 9.90 Å². The molecule has 0 saturated heterocycles. The van der Waals surface area contributed by atoms with Gasteiger partial charge in [0.1, 0.15) is 5.75 Å². The standard InChI is InChI=1S/C16H17NO2/c1-11-7-14(10-15(18)8-11)12-5-4-6-13(9-12)16(19)17(2)3/h4-10,18H,1-3H3. The fourth-order valence-corrected chi connectivity index (χ4v) is 2.02. The van der Waals surface area contributed by atoms with Gasteiger partial charge in [-0.2, -0.15) is 0 Å². The predicted molar refractivity (Wildman–Crippen MR) is 76.3 cm³/mol. The third-order valence-electron chi connectivity index (χ3n) is 2.91. The van der Waals surface area contributed by atoms with E-state index in [4.69, 9.17) is 0 Å². The maximum absolute atomic E-state index is 11.9. The molecule has 3 heteroatoms. The van der Waals surface area contributed by atoms with Crippen LogP contribution in [0.3, 0.4) is 0 Å². The smallest absolute Gasteiger partial charge is 0.253 e. The molecule has 1 N–H and O–H groups in total. The molecule has 2 aromatic carbocycles. The summed E-state index contributed by atoms with van der Waals surface area (Å²) in [6.07, 6.45) is 0. The van der Waals surface area contributed by atoms with Crippen molar-refractivity contribution in [2.45, 2.75) is 6.92 Å². The van der Waals surface area contributed by atoms with Gasteiger partial charge in [-0.1, -0.05) is 18.2 Å². The van der Waals surface area contributed by atoms with E-state index in [9.17, 15) is 9.90 Å². The molecule has 0 aliphatic heterocycles. The molecule has 0 fully saturated rings. The van der Waals surface area contributed by atoms with Crippen LogP contribution in [-0.4, -0.2) is 30.0 Å². The summed E-state index contributed by atoms with van der Waals surface area (Å²) in [6.45, 7) is 1.93. The number of hydrogen-bond donors (Lipinski definition) is 1. The van der Waals surface area contributed by atoms with Crippen LogP contribution in [0.4, 0.5) is 0 Å². The van der Waals surface area contributed by atoms with Crippen LogP contribution in [0.15, 0.2) is 42.5 Å². The number of phenolic OH excluding ortho intramolecular Hbond substituents is 1. The van der Waals surface area contributed by atoms with Crippen LogP contribution >= 0.6 is 0 Å². The van der Waals surface area contributed by atoms with E-state index in [0.717, 1.165) is 16.7 Å². The first-order chi connectivity index (χ1) is 8.97. The monoisotopic (exact) mass is 255 g/mol. The Morgan fingerprint density at radius 3 is 2.42 bits per heavy atom. The van der Waals surface area contributed by atoms with Crippen molar-refractivity contribution in [2.75, 3.05) is 14.1 Å². The lowest BCUT2D eigenvalue weighted by atomic mass is 10.0. The summed E-state index contributed by atoms with van der Waals surface area (Å²) in [6, 6.07) is 12.8. The Balaban J connectivity index is 2.46. The summed E-state index contributed by atoms with van der Waals surface area (Å²) < 4.78 is 0. The zero-order valence-electron chi connectivity index (χ0n) is 11.3. The first-order valence-corrected chi connectivity index (χ1v) is 6.10. The molecule has 0 aromatic heterocycles. The number of amides is 1. The quantitative estimate of drug-likeness (QED) is 0.896. The van der Waals surface area contributed by atoms with Crippen molar-refractivity contribution in [2.24, 2.45) is 0 Å². The van der Waals surface area contributed by atoms with Gasteiger partial charge in [-0.3, -0.25) is 4.79 Å². The lowest BCUT2D eigenvalue weighted by Gasteiger charge is -2.11. The van der Waals surface area contributed by atoms with Crippen molar-refractivity contribution in [3.8, 4) is 16.9 Å². The molecule has 19 heavy (non-hydrogen) atoms. The molecule has 2 aromatic rings. The normalized spacial score (nSPS) is 10.3. The first kappa shape index (κ1) is 13.1. The fraction of sp³-hybridized carbons (Fsp3) is 0.188. The van der Waals surface area contributed by atoms with E-state index in [-0.39, 0.29) is 11.7 Å². The number of nitrogens with zero attached hydrogens (tertiary/aromatic N) is 1. The summed E-state index contributed by atoms with van der Waals surface area (Å²) in [7, 11) is 3.46. The number of hydrogen-bond acceptors (Lipinski definition) is 2.